The van der Waals surface area contributed by atoms with E-state index in [0.717, 1.165) is 11.3 Å². The van der Waals surface area contributed by atoms with Crippen molar-refractivity contribution < 1.29 is 14.0 Å². The van der Waals surface area contributed by atoms with Crippen LogP contribution in [-0.2, 0) is 0 Å². The summed E-state index contributed by atoms with van der Waals surface area (Å²) < 4.78 is 6.57. The molecule has 0 spiro atoms. The Balaban J connectivity index is 1.52. The van der Waals surface area contributed by atoms with Crippen LogP contribution in [0.5, 0.6) is 0 Å². The Morgan fingerprint density at radius 3 is 2.66 bits per heavy atom. The predicted octanol–water partition coefficient (Wildman–Crippen LogP) is 3.07. The first-order valence-corrected chi connectivity index (χ1v) is 8.70. The minimum atomic E-state index is -0.391. The molecule has 0 saturated heterocycles. The highest BCUT2D eigenvalue weighted by Crippen LogP contribution is 2.21. The van der Waals surface area contributed by atoms with E-state index in [1.807, 2.05) is 19.1 Å². The van der Waals surface area contributed by atoms with E-state index < -0.39 is 5.91 Å². The highest BCUT2D eigenvalue weighted by Gasteiger charge is 2.12. The summed E-state index contributed by atoms with van der Waals surface area (Å²) in [7, 11) is 0. The van der Waals surface area contributed by atoms with Crippen molar-refractivity contribution in [3.63, 3.8) is 0 Å². The van der Waals surface area contributed by atoms with Crippen molar-refractivity contribution in [3.8, 4) is 5.69 Å². The van der Waals surface area contributed by atoms with Crippen LogP contribution in [-0.4, -0.2) is 32.0 Å². The second kappa shape index (κ2) is 7.77. The number of aryl methyl sites for hydroxylation is 1. The van der Waals surface area contributed by atoms with Crippen LogP contribution < -0.4 is 10.6 Å². The number of aromatic nitrogens is 4. The molecule has 2 aromatic heterocycles. The molecular formula is C20H16N6O3. The number of hydrogen-bond acceptors (Lipinski definition) is 6. The lowest BCUT2D eigenvalue weighted by atomic mass is 10.1. The van der Waals surface area contributed by atoms with E-state index in [1.165, 1.54) is 17.3 Å². The van der Waals surface area contributed by atoms with Gasteiger partial charge in [0.1, 0.15) is 6.33 Å². The Bertz CT molecular complexity index is 1150. The number of carbonyl (C=O) groups is 2. The molecular weight excluding hydrogens is 372 g/mol. The van der Waals surface area contributed by atoms with Gasteiger partial charge in [0.25, 0.3) is 11.8 Å². The molecule has 2 amide bonds. The van der Waals surface area contributed by atoms with E-state index in [1.54, 1.807) is 42.5 Å². The van der Waals surface area contributed by atoms with Crippen LogP contribution in [0.2, 0.25) is 0 Å². The summed E-state index contributed by atoms with van der Waals surface area (Å²) in [6.07, 6.45) is 2.89. The van der Waals surface area contributed by atoms with Gasteiger partial charge in [-0.05, 0) is 65.4 Å². The van der Waals surface area contributed by atoms with Gasteiger partial charge in [-0.25, -0.2) is 4.68 Å². The number of rotatable bonds is 5. The number of tetrazole rings is 1. The summed E-state index contributed by atoms with van der Waals surface area (Å²) in [5.41, 5.74) is 3.12. The molecule has 144 valence electrons. The van der Waals surface area contributed by atoms with E-state index in [2.05, 4.69) is 26.2 Å². The van der Waals surface area contributed by atoms with Crippen LogP contribution in [0, 0.1) is 6.92 Å². The second-order valence-electron chi connectivity index (χ2n) is 6.22. The van der Waals surface area contributed by atoms with Crippen molar-refractivity contribution in [2.45, 2.75) is 6.92 Å². The number of nitrogens with zero attached hydrogens (tertiary/aromatic N) is 4. The highest BCUT2D eigenvalue weighted by atomic mass is 16.3. The first kappa shape index (κ1) is 18.1. The molecule has 4 rings (SSSR count). The van der Waals surface area contributed by atoms with Gasteiger partial charge in [0.05, 0.1) is 12.0 Å². The van der Waals surface area contributed by atoms with Gasteiger partial charge in [-0.3, -0.25) is 9.59 Å². The monoisotopic (exact) mass is 388 g/mol. The number of nitrogens with one attached hydrogen (secondary N) is 2. The van der Waals surface area contributed by atoms with E-state index in [0.29, 0.717) is 16.9 Å². The van der Waals surface area contributed by atoms with Gasteiger partial charge < -0.3 is 15.1 Å². The van der Waals surface area contributed by atoms with E-state index >= 15 is 0 Å². The molecule has 2 aromatic carbocycles. The zero-order valence-electron chi connectivity index (χ0n) is 15.4. The van der Waals surface area contributed by atoms with Crippen molar-refractivity contribution in [2.24, 2.45) is 0 Å². The van der Waals surface area contributed by atoms with Crippen molar-refractivity contribution in [1.82, 2.24) is 20.2 Å². The number of furan rings is 1. The fourth-order valence-corrected chi connectivity index (χ4v) is 2.70. The van der Waals surface area contributed by atoms with Crippen molar-refractivity contribution in [2.75, 3.05) is 10.6 Å². The maximum Gasteiger partial charge on any atom is 0.291 e. The van der Waals surface area contributed by atoms with E-state index in [9.17, 15) is 9.59 Å². The molecule has 4 aromatic rings. The SMILES string of the molecule is Cc1ccc(-n2cnnn2)cc1NC(=O)c1cccc(NC(=O)c2ccco2)c1. The van der Waals surface area contributed by atoms with E-state index in [4.69, 9.17) is 4.42 Å². The van der Waals surface area contributed by atoms with Crippen LogP contribution >= 0.6 is 0 Å². The van der Waals surface area contributed by atoms with Gasteiger partial charge in [-0.1, -0.05) is 12.1 Å². The van der Waals surface area contributed by atoms with Gasteiger partial charge in [0.2, 0.25) is 0 Å². The second-order valence-corrected chi connectivity index (χ2v) is 6.22. The van der Waals surface area contributed by atoms with Crippen molar-refractivity contribution in [3.05, 3.63) is 84.1 Å². The summed E-state index contributed by atoms with van der Waals surface area (Å²) in [6.45, 7) is 1.89. The average Bonchev–Trinajstić information content (AvgIpc) is 3.44. The van der Waals surface area contributed by atoms with Gasteiger partial charge in [0.15, 0.2) is 5.76 Å². The number of hydrogen-bond donors (Lipinski definition) is 2. The third-order valence-electron chi connectivity index (χ3n) is 4.21. The standard InChI is InChI=1S/C20H16N6O3/c1-13-7-8-16(26-12-21-24-25-26)11-17(13)23-19(27)14-4-2-5-15(10-14)22-20(28)18-6-3-9-29-18/h2-12H,1H3,(H,22,28)(H,23,27). The molecule has 9 heteroatoms. The quantitative estimate of drug-likeness (QED) is 0.543. The molecule has 2 heterocycles. The van der Waals surface area contributed by atoms with Crippen LogP contribution in [0.1, 0.15) is 26.5 Å². The minimum absolute atomic E-state index is 0.190. The summed E-state index contributed by atoms with van der Waals surface area (Å²) in [6, 6.07) is 15.3. The molecule has 2 N–H and O–H groups in total. The summed E-state index contributed by atoms with van der Waals surface area (Å²) in [5.74, 6) is -0.511. The Kier molecular flexibility index (Phi) is 4.85. The average molecular weight is 388 g/mol. The topological polar surface area (TPSA) is 115 Å². The molecule has 0 unspecified atom stereocenters. The molecule has 0 fully saturated rings. The van der Waals surface area contributed by atoms with E-state index in [-0.39, 0.29) is 11.7 Å². The summed E-state index contributed by atoms with van der Waals surface area (Å²) >= 11 is 0. The molecule has 0 radical (unpaired) electrons. The summed E-state index contributed by atoms with van der Waals surface area (Å²) in [5, 5.41) is 16.7. The Labute approximate surface area is 165 Å². The Hall–Kier alpha value is -4.27. The number of anilines is 2. The lowest BCUT2D eigenvalue weighted by Gasteiger charge is -2.11. The van der Waals surface area contributed by atoms with Gasteiger partial charge in [0, 0.05) is 16.9 Å². The Morgan fingerprint density at radius 2 is 1.90 bits per heavy atom. The van der Waals surface area contributed by atoms with Crippen LogP contribution in [0.3, 0.4) is 0 Å². The lowest BCUT2D eigenvalue weighted by Crippen LogP contribution is -2.15. The number of amides is 2. The summed E-state index contributed by atoms with van der Waals surface area (Å²) in [4.78, 5) is 24.9. The van der Waals surface area contributed by atoms with Crippen LogP contribution in [0.4, 0.5) is 11.4 Å². The molecule has 0 aliphatic heterocycles. The maximum absolute atomic E-state index is 12.7. The largest absolute Gasteiger partial charge is 0.459 e. The van der Waals surface area contributed by atoms with Gasteiger partial charge in [-0.2, -0.15) is 0 Å². The molecule has 0 aliphatic rings. The predicted molar refractivity (Wildman–Crippen MR) is 105 cm³/mol. The highest BCUT2D eigenvalue weighted by molar-refractivity contribution is 6.07. The smallest absolute Gasteiger partial charge is 0.291 e. The third-order valence-corrected chi connectivity index (χ3v) is 4.21. The first-order chi connectivity index (χ1) is 14.1. The molecule has 0 atom stereocenters. The van der Waals surface area contributed by atoms with Crippen molar-refractivity contribution >= 4 is 23.2 Å². The molecule has 0 bridgehead atoms. The van der Waals surface area contributed by atoms with Crippen LogP contribution in [0.15, 0.2) is 71.6 Å². The minimum Gasteiger partial charge on any atom is -0.459 e. The van der Waals surface area contributed by atoms with Gasteiger partial charge in [-0.15, -0.1) is 5.10 Å². The number of carbonyl (C=O) groups excluding carboxylic acids is 2. The zero-order chi connectivity index (χ0) is 20.2. The maximum atomic E-state index is 12.7. The molecule has 0 aliphatic carbocycles. The fourth-order valence-electron chi connectivity index (χ4n) is 2.70. The lowest BCUT2D eigenvalue weighted by molar-refractivity contribution is 0.0993. The number of benzene rings is 2. The first-order valence-electron chi connectivity index (χ1n) is 8.70. The van der Waals surface area contributed by atoms with Gasteiger partial charge >= 0.3 is 0 Å². The molecule has 9 nitrogen and oxygen atoms in total. The normalized spacial score (nSPS) is 10.5. The van der Waals surface area contributed by atoms with Crippen LogP contribution in [0.25, 0.3) is 5.69 Å². The molecule has 29 heavy (non-hydrogen) atoms. The third kappa shape index (κ3) is 4.03. The Morgan fingerprint density at radius 1 is 1.00 bits per heavy atom. The fraction of sp³-hybridized carbons (Fsp3) is 0.0500. The van der Waals surface area contributed by atoms with Crippen molar-refractivity contribution in [1.29, 1.82) is 0 Å². The molecule has 0 saturated carbocycles. The zero-order valence-corrected chi connectivity index (χ0v) is 15.4.